The second-order valence-electron chi connectivity index (χ2n) is 8.29. The Morgan fingerprint density at radius 1 is 0.757 bits per heavy atom. The van der Waals surface area contributed by atoms with Crippen molar-refractivity contribution >= 4 is 46.9 Å². The van der Waals surface area contributed by atoms with E-state index < -0.39 is 7.26 Å². The fourth-order valence-corrected chi connectivity index (χ4v) is 9.19. The molecule has 37 heavy (non-hydrogen) atoms. The molecular formula is C31H34Cl2NO2P. The summed E-state index contributed by atoms with van der Waals surface area (Å²) in [4.78, 5) is 11.5. The fraction of sp³-hybridized carbons (Fsp3) is 0.129. The first-order chi connectivity index (χ1) is 16.6. The largest absolute Gasteiger partial charge is 1.00 e. The average Bonchev–Trinajstić information content (AvgIpc) is 2.90. The zero-order valence-electron chi connectivity index (χ0n) is 21.3. The minimum atomic E-state index is -2.14. The minimum Gasteiger partial charge on any atom is -1.00 e. The molecule has 0 amide bonds. The van der Waals surface area contributed by atoms with Crippen LogP contribution in [0.15, 0.2) is 116 Å². The molecule has 3 N–H and O–H groups in total. The van der Waals surface area contributed by atoms with Gasteiger partial charge in [0.2, 0.25) is 0 Å². The van der Waals surface area contributed by atoms with Gasteiger partial charge in [-0.2, -0.15) is 0 Å². The predicted molar refractivity (Wildman–Crippen MR) is 158 cm³/mol. The first kappa shape index (κ1) is 32.1. The second-order valence-corrected chi connectivity index (χ2v) is 11.7. The Bertz CT molecular complexity index is 1190. The van der Waals surface area contributed by atoms with Crippen LogP contribution in [0.4, 0.5) is 0 Å². The summed E-state index contributed by atoms with van der Waals surface area (Å²) in [6, 6.07) is 37.2. The Morgan fingerprint density at radius 2 is 1.19 bits per heavy atom. The van der Waals surface area contributed by atoms with E-state index in [1.165, 1.54) is 44.0 Å². The lowest BCUT2D eigenvalue weighted by atomic mass is 10.0. The van der Waals surface area contributed by atoms with E-state index in [4.69, 9.17) is 4.74 Å². The Morgan fingerprint density at radius 3 is 1.59 bits per heavy atom. The molecule has 194 valence electrons. The van der Waals surface area contributed by atoms with Gasteiger partial charge in [-0.15, -0.1) is 12.4 Å². The van der Waals surface area contributed by atoms with E-state index >= 15 is 0 Å². The molecule has 0 atom stereocenters. The summed E-state index contributed by atoms with van der Waals surface area (Å²) < 4.78 is 5.25. The maximum Gasteiger partial charge on any atom is 0.330 e. The summed E-state index contributed by atoms with van der Waals surface area (Å²) in [5, 5.41) is 5.37. The molecule has 0 aliphatic rings. The third kappa shape index (κ3) is 6.50. The lowest BCUT2D eigenvalue weighted by Crippen LogP contribution is -3.00. The fourth-order valence-electron chi connectivity index (χ4n) is 4.64. The van der Waals surface area contributed by atoms with E-state index in [1.54, 1.807) is 0 Å². The van der Waals surface area contributed by atoms with E-state index in [2.05, 4.69) is 124 Å². The van der Waals surface area contributed by atoms with Crippen molar-refractivity contribution in [3.05, 3.63) is 132 Å². The molecule has 0 saturated heterocycles. The van der Waals surface area contributed by atoms with Gasteiger partial charge in [0.15, 0.2) is 0 Å². The van der Waals surface area contributed by atoms with Gasteiger partial charge >= 0.3 is 5.97 Å². The van der Waals surface area contributed by atoms with Crippen molar-refractivity contribution < 1.29 is 21.9 Å². The molecule has 0 unspecified atom stereocenters. The van der Waals surface area contributed by atoms with Crippen LogP contribution in [0.1, 0.15) is 16.7 Å². The quantitative estimate of drug-likeness (QED) is 0.207. The van der Waals surface area contributed by atoms with Crippen molar-refractivity contribution in [2.24, 2.45) is 0 Å². The normalized spacial score (nSPS) is 10.2. The number of carbonyl (C=O) groups is 1. The number of hydrogen-bond acceptors (Lipinski definition) is 3. The number of rotatable bonds is 8. The summed E-state index contributed by atoms with van der Waals surface area (Å²) >= 11 is 0. The van der Waals surface area contributed by atoms with Gasteiger partial charge in [0.25, 0.3) is 0 Å². The summed E-state index contributed by atoms with van der Waals surface area (Å²) in [5.41, 5.74) is 3.74. The van der Waals surface area contributed by atoms with Crippen LogP contribution in [0.3, 0.4) is 0 Å². The van der Waals surface area contributed by atoms with Gasteiger partial charge in [0.05, 0.1) is 6.61 Å². The van der Waals surface area contributed by atoms with E-state index in [1.807, 2.05) is 0 Å². The minimum absolute atomic E-state index is 0. The van der Waals surface area contributed by atoms with Gasteiger partial charge in [-0.1, -0.05) is 67.2 Å². The van der Waals surface area contributed by atoms with Crippen molar-refractivity contribution in [2.45, 2.75) is 20.3 Å². The molecule has 0 aromatic heterocycles. The number of esters is 1. The van der Waals surface area contributed by atoms with Crippen LogP contribution in [0.25, 0.3) is 0 Å². The maximum absolute atomic E-state index is 11.5. The highest BCUT2D eigenvalue weighted by atomic mass is 35.5. The van der Waals surface area contributed by atoms with Crippen molar-refractivity contribution in [1.29, 1.82) is 0 Å². The zero-order valence-corrected chi connectivity index (χ0v) is 23.7. The van der Waals surface area contributed by atoms with E-state index in [0.29, 0.717) is 13.0 Å². The highest BCUT2D eigenvalue weighted by molar-refractivity contribution is 8.01. The van der Waals surface area contributed by atoms with Gasteiger partial charge in [-0.3, -0.25) is 0 Å². The predicted octanol–water partition coefficient (Wildman–Crippen LogP) is 2.78. The zero-order chi connectivity index (χ0) is 24.0. The van der Waals surface area contributed by atoms with Crippen LogP contribution in [0.5, 0.6) is 0 Å². The highest BCUT2D eigenvalue weighted by Gasteiger charge is 2.48. The molecule has 4 aromatic rings. The molecule has 0 heterocycles. The third-order valence-electron chi connectivity index (χ3n) is 6.44. The Labute approximate surface area is 233 Å². The first-order valence-electron chi connectivity index (χ1n) is 11.5. The number of ether oxygens (including phenoxy) is 1. The topological polar surface area (TPSA) is 61.3 Å². The van der Waals surface area contributed by atoms with Gasteiger partial charge < -0.3 is 23.3 Å². The van der Waals surface area contributed by atoms with Crippen molar-refractivity contribution in [3.63, 3.8) is 0 Å². The third-order valence-corrected chi connectivity index (χ3v) is 10.9. The maximum atomic E-state index is 11.5. The van der Waals surface area contributed by atoms with Crippen molar-refractivity contribution in [2.75, 3.05) is 6.61 Å². The van der Waals surface area contributed by atoms with Crippen LogP contribution >= 0.6 is 19.7 Å². The molecule has 4 aromatic carbocycles. The lowest BCUT2D eigenvalue weighted by molar-refractivity contribution is -0.137. The summed E-state index contributed by atoms with van der Waals surface area (Å²) in [6.45, 7) is 8.23. The number of halogens is 2. The van der Waals surface area contributed by atoms with Crippen LogP contribution in [-0.2, 0) is 16.0 Å². The van der Waals surface area contributed by atoms with Gasteiger partial charge in [0, 0.05) is 12.5 Å². The summed E-state index contributed by atoms with van der Waals surface area (Å²) in [5.74, 6) is -0.381. The monoisotopic (exact) mass is 553 g/mol. The molecule has 0 aliphatic carbocycles. The molecular weight excluding hydrogens is 520 g/mol. The molecule has 0 saturated carbocycles. The van der Waals surface area contributed by atoms with Gasteiger partial charge in [-0.05, 0) is 73.0 Å². The van der Waals surface area contributed by atoms with Crippen molar-refractivity contribution in [1.82, 2.24) is 6.15 Å². The molecule has 0 spiro atoms. The molecule has 0 radical (unpaired) electrons. The molecule has 0 bridgehead atoms. The first-order valence-corrected chi connectivity index (χ1v) is 13.3. The Kier molecular flexibility index (Phi) is 12.8. The average molecular weight is 554 g/mol. The SMILES string of the molecule is C=CC(=O)OCCc1ccc([P+](c2ccccc2)(c2ccccc2)c2ccccc2)c(C)c1C.Cl.N.[Cl-]. The lowest BCUT2D eigenvalue weighted by Gasteiger charge is -2.29. The highest BCUT2D eigenvalue weighted by Crippen LogP contribution is 2.55. The molecule has 4 rings (SSSR count). The van der Waals surface area contributed by atoms with E-state index in [-0.39, 0.29) is 36.9 Å². The summed E-state index contributed by atoms with van der Waals surface area (Å²) in [6.07, 6.45) is 1.89. The van der Waals surface area contributed by atoms with E-state index in [0.717, 1.165) is 0 Å². The smallest absolute Gasteiger partial charge is 0.330 e. The summed E-state index contributed by atoms with van der Waals surface area (Å²) in [7, 11) is -2.14. The van der Waals surface area contributed by atoms with Crippen molar-refractivity contribution in [3.8, 4) is 0 Å². The number of hydrogen-bond donors (Lipinski definition) is 1. The Balaban J connectivity index is 0.00000228. The molecule has 3 nitrogen and oxygen atoms in total. The van der Waals surface area contributed by atoms with Crippen LogP contribution in [-0.4, -0.2) is 12.6 Å². The van der Waals surface area contributed by atoms with Crippen LogP contribution in [0, 0.1) is 13.8 Å². The van der Waals surface area contributed by atoms with Crippen LogP contribution < -0.4 is 39.8 Å². The van der Waals surface area contributed by atoms with Gasteiger partial charge in [-0.25, -0.2) is 4.79 Å². The molecule has 0 aliphatic heterocycles. The molecule has 6 heteroatoms. The van der Waals surface area contributed by atoms with Crippen LogP contribution in [0.2, 0.25) is 0 Å². The molecule has 0 fully saturated rings. The second kappa shape index (κ2) is 14.7. The Hall–Kier alpha value is -2.94. The van der Waals surface area contributed by atoms with Gasteiger partial charge in [0.1, 0.15) is 28.5 Å². The van der Waals surface area contributed by atoms with E-state index in [9.17, 15) is 4.79 Å². The number of carbonyl (C=O) groups excluding carboxylic acids is 1. The number of benzene rings is 4. The standard InChI is InChI=1S/C31H30O2P.2ClH.H3N/c1-4-31(32)33-23-22-26-20-21-30(25(3)24(26)2)34(27-14-8-5-9-15-27,28-16-10-6-11-17-28)29-18-12-7-13-19-29;;;/h4-21H,1,22-23H2,2-3H3;2*1H;1H3/q+1;;;/p-1.